The van der Waals surface area contributed by atoms with Crippen LogP contribution in [0.1, 0.15) is 60.9 Å². The van der Waals surface area contributed by atoms with E-state index in [-0.39, 0.29) is 24.9 Å². The molecule has 162 valence electrons. The maximum Gasteiger partial charge on any atom is 0.232 e. The van der Waals surface area contributed by atoms with Crippen molar-refractivity contribution in [3.8, 4) is 0 Å². The zero-order valence-electron chi connectivity index (χ0n) is 18.1. The Labute approximate surface area is 180 Å². The van der Waals surface area contributed by atoms with Crippen molar-refractivity contribution in [2.45, 2.75) is 58.4 Å². The zero-order valence-corrected chi connectivity index (χ0v) is 19.0. The topological polar surface area (TPSA) is 66.5 Å². The number of hydrogen-bond donors (Lipinski definition) is 1. The van der Waals surface area contributed by atoms with Gasteiger partial charge in [-0.1, -0.05) is 35.9 Å². The number of benzene rings is 2. The van der Waals surface area contributed by atoms with E-state index in [1.54, 1.807) is 12.1 Å². The molecule has 5 nitrogen and oxygen atoms in total. The number of anilines is 1. The van der Waals surface area contributed by atoms with Gasteiger partial charge >= 0.3 is 0 Å². The van der Waals surface area contributed by atoms with E-state index in [2.05, 4.69) is 23.5 Å². The summed E-state index contributed by atoms with van der Waals surface area (Å²) in [6, 6.07) is 13.8. The van der Waals surface area contributed by atoms with Gasteiger partial charge in [0.15, 0.2) is 0 Å². The summed E-state index contributed by atoms with van der Waals surface area (Å²) < 4.78 is 25.8. The van der Waals surface area contributed by atoms with Crippen LogP contribution in [0.15, 0.2) is 42.5 Å². The minimum Gasteiger partial charge on any atom is -0.350 e. The van der Waals surface area contributed by atoms with Crippen molar-refractivity contribution < 1.29 is 13.2 Å². The minimum absolute atomic E-state index is 0.0578. The molecular formula is C24H32N2O3S. The summed E-state index contributed by atoms with van der Waals surface area (Å²) in [5.41, 5.74) is 5.66. The van der Waals surface area contributed by atoms with Crippen LogP contribution in [0, 0.1) is 6.92 Å². The van der Waals surface area contributed by atoms with Gasteiger partial charge in [0.2, 0.25) is 15.9 Å². The van der Waals surface area contributed by atoms with Crippen LogP contribution in [0.4, 0.5) is 5.69 Å². The molecule has 1 N–H and O–H groups in total. The summed E-state index contributed by atoms with van der Waals surface area (Å²) in [7, 11) is -3.40. The molecule has 0 bridgehead atoms. The van der Waals surface area contributed by atoms with Gasteiger partial charge < -0.3 is 5.32 Å². The predicted molar refractivity (Wildman–Crippen MR) is 122 cm³/mol. The van der Waals surface area contributed by atoms with Gasteiger partial charge in [0.1, 0.15) is 0 Å². The molecule has 1 amide bonds. The predicted octanol–water partition coefficient (Wildman–Crippen LogP) is 4.30. The Kier molecular flexibility index (Phi) is 7.19. The van der Waals surface area contributed by atoms with Crippen LogP contribution < -0.4 is 9.62 Å². The second kappa shape index (κ2) is 9.65. The summed E-state index contributed by atoms with van der Waals surface area (Å²) in [6.07, 6.45) is 6.70. The molecular weight excluding hydrogens is 396 g/mol. The van der Waals surface area contributed by atoms with Gasteiger partial charge in [0, 0.05) is 13.0 Å². The van der Waals surface area contributed by atoms with E-state index >= 15 is 0 Å². The van der Waals surface area contributed by atoms with E-state index in [1.165, 1.54) is 34.5 Å². The minimum atomic E-state index is -3.40. The van der Waals surface area contributed by atoms with Crippen molar-refractivity contribution in [2.75, 3.05) is 17.1 Å². The average molecular weight is 429 g/mol. The quantitative estimate of drug-likeness (QED) is 0.682. The molecule has 0 aromatic heterocycles. The largest absolute Gasteiger partial charge is 0.350 e. The molecule has 1 aliphatic carbocycles. The molecule has 30 heavy (non-hydrogen) atoms. The van der Waals surface area contributed by atoms with Gasteiger partial charge in [-0.25, -0.2) is 8.42 Å². The highest BCUT2D eigenvalue weighted by atomic mass is 32.2. The zero-order chi connectivity index (χ0) is 21.7. The molecule has 6 heteroatoms. The van der Waals surface area contributed by atoms with E-state index < -0.39 is 10.0 Å². The number of sulfonamides is 1. The second-order valence-corrected chi connectivity index (χ2v) is 10.2. The van der Waals surface area contributed by atoms with Crippen LogP contribution in [0.5, 0.6) is 0 Å². The number of amides is 1. The summed E-state index contributed by atoms with van der Waals surface area (Å²) in [5, 5.41) is 3.06. The fraction of sp³-hybridized carbons (Fsp3) is 0.458. The molecule has 0 saturated heterocycles. The average Bonchev–Trinajstić information content (AvgIpc) is 2.71. The first-order valence-electron chi connectivity index (χ1n) is 10.7. The Morgan fingerprint density at radius 3 is 2.40 bits per heavy atom. The highest BCUT2D eigenvalue weighted by molar-refractivity contribution is 7.92. The normalized spacial score (nSPS) is 14.6. The van der Waals surface area contributed by atoms with Gasteiger partial charge in [-0.05, 0) is 74.8 Å². The molecule has 1 aliphatic rings. The third-order valence-electron chi connectivity index (χ3n) is 5.74. The lowest BCUT2D eigenvalue weighted by molar-refractivity contribution is -0.121. The van der Waals surface area contributed by atoms with Crippen LogP contribution in [0.3, 0.4) is 0 Å². The molecule has 0 unspecified atom stereocenters. The van der Waals surface area contributed by atoms with Crippen molar-refractivity contribution in [3.05, 3.63) is 64.7 Å². The highest BCUT2D eigenvalue weighted by Gasteiger charge is 2.18. The van der Waals surface area contributed by atoms with Gasteiger partial charge in [0.05, 0.1) is 18.0 Å². The van der Waals surface area contributed by atoms with Crippen LogP contribution in [0.2, 0.25) is 0 Å². The molecule has 0 saturated carbocycles. The second-order valence-electron chi connectivity index (χ2n) is 8.30. The van der Waals surface area contributed by atoms with E-state index in [4.69, 9.17) is 0 Å². The Bertz CT molecular complexity index is 984. The smallest absolute Gasteiger partial charge is 0.232 e. The van der Waals surface area contributed by atoms with Crippen molar-refractivity contribution in [1.82, 2.24) is 5.32 Å². The Morgan fingerprint density at radius 1 is 1.07 bits per heavy atom. The van der Waals surface area contributed by atoms with Crippen LogP contribution in [-0.2, 0) is 27.7 Å². The van der Waals surface area contributed by atoms with Gasteiger partial charge in [0.25, 0.3) is 0 Å². The molecule has 0 heterocycles. The van der Waals surface area contributed by atoms with Gasteiger partial charge in [-0.15, -0.1) is 0 Å². The van der Waals surface area contributed by atoms with Crippen molar-refractivity contribution in [1.29, 1.82) is 0 Å². The first kappa shape index (κ1) is 22.3. The summed E-state index contributed by atoms with van der Waals surface area (Å²) in [4.78, 5) is 12.4. The number of nitrogens with one attached hydrogen (secondary N) is 1. The molecule has 0 radical (unpaired) electrons. The Balaban J connectivity index is 1.55. The molecule has 2 aromatic carbocycles. The maximum atomic E-state index is 12.4. The standard InChI is InChI=1S/C24H32N2O3S/c1-18-10-14-23(15-11-18)26(30(3,28)29)16-6-9-24(27)25-19(2)21-13-12-20-7-4-5-8-22(20)17-21/h10-15,17,19H,4-9,16H2,1-3H3,(H,25,27)/t19-/m0/s1. The van der Waals surface area contributed by atoms with E-state index in [0.717, 1.165) is 24.0 Å². The molecule has 0 aliphatic heterocycles. The highest BCUT2D eigenvalue weighted by Crippen LogP contribution is 2.25. The lowest BCUT2D eigenvalue weighted by Gasteiger charge is -2.23. The lowest BCUT2D eigenvalue weighted by atomic mass is 9.89. The molecule has 1 atom stereocenters. The summed E-state index contributed by atoms with van der Waals surface area (Å²) in [5.74, 6) is -0.0578. The number of rotatable bonds is 8. The SMILES string of the molecule is Cc1ccc(N(CCCC(=O)N[C@@H](C)c2ccc3c(c2)CCCC3)S(C)(=O)=O)cc1. The van der Waals surface area contributed by atoms with E-state index in [9.17, 15) is 13.2 Å². The first-order valence-corrected chi connectivity index (χ1v) is 12.5. The van der Waals surface area contributed by atoms with E-state index in [1.807, 2.05) is 26.0 Å². The van der Waals surface area contributed by atoms with Crippen molar-refractivity contribution in [2.24, 2.45) is 0 Å². The number of carbonyl (C=O) groups is 1. The fourth-order valence-corrected chi connectivity index (χ4v) is 4.97. The number of nitrogens with zero attached hydrogens (tertiary/aromatic N) is 1. The van der Waals surface area contributed by atoms with Crippen molar-refractivity contribution in [3.63, 3.8) is 0 Å². The molecule has 0 spiro atoms. The Hall–Kier alpha value is -2.34. The van der Waals surface area contributed by atoms with Crippen molar-refractivity contribution >= 4 is 21.6 Å². The van der Waals surface area contributed by atoms with Crippen LogP contribution >= 0.6 is 0 Å². The number of fused-ring (bicyclic) bond motifs is 1. The van der Waals surface area contributed by atoms with Gasteiger partial charge in [-0.2, -0.15) is 0 Å². The van der Waals surface area contributed by atoms with Crippen LogP contribution in [-0.4, -0.2) is 27.1 Å². The maximum absolute atomic E-state index is 12.4. The van der Waals surface area contributed by atoms with E-state index in [0.29, 0.717) is 12.1 Å². The fourth-order valence-electron chi connectivity index (χ4n) is 4.00. The monoisotopic (exact) mass is 428 g/mol. The number of carbonyl (C=O) groups excluding carboxylic acids is 1. The summed E-state index contributed by atoms with van der Waals surface area (Å²) in [6.45, 7) is 4.24. The third-order valence-corrected chi connectivity index (χ3v) is 6.93. The molecule has 3 rings (SSSR count). The molecule has 2 aromatic rings. The third kappa shape index (κ3) is 5.85. The lowest BCUT2D eigenvalue weighted by Crippen LogP contribution is -2.32. The molecule has 0 fully saturated rings. The summed E-state index contributed by atoms with van der Waals surface area (Å²) >= 11 is 0. The Morgan fingerprint density at radius 2 is 1.73 bits per heavy atom. The number of aryl methyl sites for hydroxylation is 3. The van der Waals surface area contributed by atoms with Gasteiger partial charge in [-0.3, -0.25) is 9.10 Å². The van der Waals surface area contributed by atoms with Crippen LogP contribution in [0.25, 0.3) is 0 Å². The first-order chi connectivity index (χ1) is 14.2. The number of hydrogen-bond acceptors (Lipinski definition) is 3.